The number of aromatic nitrogens is 1. The number of ether oxygens (including phenoxy) is 1. The topological polar surface area (TPSA) is 42.4 Å². The molecule has 1 aromatic carbocycles. The van der Waals surface area contributed by atoms with Gasteiger partial charge in [-0.25, -0.2) is 4.79 Å². The molecule has 0 unspecified atom stereocenters. The maximum atomic E-state index is 12.1. The number of nitrogens with zero attached hydrogens (tertiary/aromatic N) is 2. The number of hydrogen-bond donors (Lipinski definition) is 0. The molecule has 0 N–H and O–H groups in total. The number of carbonyl (C=O) groups excluding carboxylic acids is 1. The smallest absolute Gasteiger partial charge is 0.409 e. The third-order valence-corrected chi connectivity index (χ3v) is 6.42. The van der Waals surface area contributed by atoms with Gasteiger partial charge in [-0.2, -0.15) is 0 Å². The molecule has 4 nitrogen and oxygen atoms in total. The van der Waals surface area contributed by atoms with E-state index in [1.165, 1.54) is 11.1 Å². The Labute approximate surface area is 202 Å². The number of carbonyl (C=O) groups is 1. The fourth-order valence-corrected chi connectivity index (χ4v) is 5.17. The molecule has 166 valence electrons. The number of likely N-dealkylation sites (tertiary alicyclic amines) is 1. The van der Waals surface area contributed by atoms with Crippen molar-refractivity contribution in [2.24, 2.45) is 0 Å². The Morgan fingerprint density at radius 3 is 2.45 bits per heavy atom. The van der Waals surface area contributed by atoms with Crippen LogP contribution in [0.3, 0.4) is 0 Å². The lowest BCUT2D eigenvalue weighted by atomic mass is 9.88. The summed E-state index contributed by atoms with van der Waals surface area (Å²) < 4.78 is 6.12. The predicted octanol–water partition coefficient (Wildman–Crippen LogP) is 7.33. The van der Waals surface area contributed by atoms with Gasteiger partial charge >= 0.3 is 6.09 Å². The molecule has 0 atom stereocenters. The van der Waals surface area contributed by atoms with E-state index in [0.29, 0.717) is 29.7 Å². The number of pyridine rings is 1. The number of hydrogen-bond acceptors (Lipinski definition) is 3. The zero-order valence-corrected chi connectivity index (χ0v) is 21.2. The Kier molecular flexibility index (Phi) is 8.43. The summed E-state index contributed by atoms with van der Waals surface area (Å²) in [5.41, 5.74) is 6.73. The molecular formula is C24H27BrCl2N2O2. The standard InChI is InChI=1S/C22H21BrCl2N2O2.C2H6/c1-2-29-22(28)27-7-5-13(6-8-27)20-19-14(10-17(24)11-18(19)25)3-4-15-9-16(23)12-26-21(15)20;1-2/h9-12H,2-8H2,1H3;1-2H3. The minimum Gasteiger partial charge on any atom is -0.450 e. The monoisotopic (exact) mass is 524 g/mol. The third kappa shape index (κ3) is 5.27. The molecule has 7 heteroatoms. The molecule has 1 fully saturated rings. The first-order valence-corrected chi connectivity index (χ1v) is 12.3. The van der Waals surface area contributed by atoms with Crippen molar-refractivity contribution in [3.63, 3.8) is 0 Å². The first-order valence-electron chi connectivity index (χ1n) is 10.7. The van der Waals surface area contributed by atoms with E-state index in [1.54, 1.807) is 11.0 Å². The molecule has 1 aliphatic heterocycles. The van der Waals surface area contributed by atoms with Crippen LogP contribution in [0, 0.1) is 0 Å². The highest BCUT2D eigenvalue weighted by atomic mass is 79.9. The Hall–Kier alpha value is -1.56. The van der Waals surface area contributed by atoms with E-state index in [9.17, 15) is 4.79 Å². The molecule has 0 radical (unpaired) electrons. The second-order valence-corrected chi connectivity index (χ2v) is 9.01. The Morgan fingerprint density at radius 1 is 1.10 bits per heavy atom. The second kappa shape index (κ2) is 10.8. The van der Waals surface area contributed by atoms with Crippen molar-refractivity contribution in [2.45, 2.75) is 46.5 Å². The minimum atomic E-state index is -0.245. The highest BCUT2D eigenvalue weighted by Crippen LogP contribution is 2.42. The Bertz CT molecular complexity index is 997. The van der Waals surface area contributed by atoms with Crippen LogP contribution in [0.15, 0.2) is 34.4 Å². The van der Waals surface area contributed by atoms with Crippen LogP contribution in [0.4, 0.5) is 4.79 Å². The molecule has 1 amide bonds. The molecule has 0 bridgehead atoms. The van der Waals surface area contributed by atoms with Gasteiger partial charge in [0.25, 0.3) is 0 Å². The van der Waals surface area contributed by atoms with Crippen molar-refractivity contribution in [3.8, 4) is 0 Å². The van der Waals surface area contributed by atoms with Crippen LogP contribution in [0.5, 0.6) is 0 Å². The summed E-state index contributed by atoms with van der Waals surface area (Å²) >= 11 is 16.6. The lowest BCUT2D eigenvalue weighted by molar-refractivity contribution is 0.104. The average molecular weight is 526 g/mol. The van der Waals surface area contributed by atoms with Gasteiger partial charge in [0.15, 0.2) is 0 Å². The highest BCUT2D eigenvalue weighted by molar-refractivity contribution is 9.10. The fourth-order valence-electron chi connectivity index (χ4n) is 4.16. The van der Waals surface area contributed by atoms with Gasteiger partial charge in [0.05, 0.1) is 17.3 Å². The normalized spacial score (nSPS) is 15.4. The number of aryl methyl sites for hydroxylation is 2. The van der Waals surface area contributed by atoms with Crippen molar-refractivity contribution in [1.82, 2.24) is 9.88 Å². The van der Waals surface area contributed by atoms with Crippen LogP contribution in [0.2, 0.25) is 10.0 Å². The van der Waals surface area contributed by atoms with E-state index in [4.69, 9.17) is 32.9 Å². The zero-order valence-electron chi connectivity index (χ0n) is 18.1. The minimum absolute atomic E-state index is 0.245. The molecule has 1 saturated heterocycles. The first-order chi connectivity index (χ1) is 15.0. The molecule has 1 aromatic heterocycles. The van der Waals surface area contributed by atoms with Crippen molar-refractivity contribution < 1.29 is 9.53 Å². The number of amides is 1. The molecule has 0 saturated carbocycles. The maximum absolute atomic E-state index is 12.1. The Morgan fingerprint density at radius 2 is 1.77 bits per heavy atom. The molecule has 0 spiro atoms. The van der Waals surface area contributed by atoms with E-state index in [2.05, 4.69) is 22.0 Å². The average Bonchev–Trinajstić information content (AvgIpc) is 2.92. The summed E-state index contributed by atoms with van der Waals surface area (Å²) in [5.74, 6) is 0. The molecule has 2 aliphatic rings. The van der Waals surface area contributed by atoms with Gasteiger partial charge in [-0.3, -0.25) is 4.98 Å². The third-order valence-electron chi connectivity index (χ3n) is 5.47. The summed E-state index contributed by atoms with van der Waals surface area (Å²) in [6.45, 7) is 7.47. The predicted molar refractivity (Wildman–Crippen MR) is 131 cm³/mol. The summed E-state index contributed by atoms with van der Waals surface area (Å²) in [5, 5.41) is 1.30. The summed E-state index contributed by atoms with van der Waals surface area (Å²) in [6, 6.07) is 5.95. The highest BCUT2D eigenvalue weighted by Gasteiger charge is 2.28. The lowest BCUT2D eigenvalue weighted by Crippen LogP contribution is -2.37. The van der Waals surface area contributed by atoms with Crippen LogP contribution >= 0.6 is 39.1 Å². The molecule has 1 aliphatic carbocycles. The van der Waals surface area contributed by atoms with E-state index in [1.807, 2.05) is 33.0 Å². The van der Waals surface area contributed by atoms with Crippen LogP contribution in [-0.2, 0) is 17.6 Å². The van der Waals surface area contributed by atoms with E-state index in [0.717, 1.165) is 52.5 Å². The summed E-state index contributed by atoms with van der Waals surface area (Å²) in [6.07, 6.45) is 4.85. The van der Waals surface area contributed by atoms with Crippen molar-refractivity contribution >= 4 is 50.8 Å². The Balaban J connectivity index is 0.00000132. The van der Waals surface area contributed by atoms with Gasteiger partial charge in [0.1, 0.15) is 0 Å². The summed E-state index contributed by atoms with van der Waals surface area (Å²) in [4.78, 5) is 18.6. The van der Waals surface area contributed by atoms with Crippen LogP contribution < -0.4 is 0 Å². The van der Waals surface area contributed by atoms with Gasteiger partial charge < -0.3 is 9.64 Å². The molecular weight excluding hydrogens is 499 g/mol. The van der Waals surface area contributed by atoms with Gasteiger partial charge in [-0.05, 0) is 77.9 Å². The van der Waals surface area contributed by atoms with E-state index >= 15 is 0 Å². The zero-order chi connectivity index (χ0) is 22.5. The van der Waals surface area contributed by atoms with Crippen molar-refractivity contribution in [2.75, 3.05) is 19.7 Å². The SMILES string of the molecule is CC.CCOC(=O)N1CCC(=C2c3ncc(Br)cc3CCc3cc(Cl)cc(Cl)c32)CC1. The second-order valence-electron chi connectivity index (χ2n) is 7.25. The maximum Gasteiger partial charge on any atom is 0.409 e. The largest absolute Gasteiger partial charge is 0.450 e. The van der Waals surface area contributed by atoms with Crippen molar-refractivity contribution in [1.29, 1.82) is 0 Å². The molecule has 2 aromatic rings. The fraction of sp³-hybridized carbons (Fsp3) is 0.417. The van der Waals surface area contributed by atoms with Crippen LogP contribution in [-0.4, -0.2) is 35.7 Å². The molecule has 4 rings (SSSR count). The number of piperidine rings is 1. The molecule has 2 heterocycles. The number of halogens is 3. The lowest BCUT2D eigenvalue weighted by Gasteiger charge is -2.29. The van der Waals surface area contributed by atoms with Crippen LogP contribution in [0.1, 0.15) is 56.0 Å². The number of rotatable bonds is 1. The number of benzene rings is 1. The quantitative estimate of drug-likeness (QED) is 0.391. The molecule has 31 heavy (non-hydrogen) atoms. The van der Waals surface area contributed by atoms with E-state index in [-0.39, 0.29) is 6.09 Å². The van der Waals surface area contributed by atoms with Gasteiger partial charge in [0.2, 0.25) is 0 Å². The van der Waals surface area contributed by atoms with Gasteiger partial charge in [0, 0.05) is 39.9 Å². The van der Waals surface area contributed by atoms with Gasteiger partial charge in [-0.1, -0.05) is 42.6 Å². The van der Waals surface area contributed by atoms with Crippen molar-refractivity contribution in [3.05, 3.63) is 66.9 Å². The summed E-state index contributed by atoms with van der Waals surface area (Å²) in [7, 11) is 0. The first kappa shape index (κ1) is 24.1. The van der Waals surface area contributed by atoms with Crippen LogP contribution in [0.25, 0.3) is 5.57 Å². The van der Waals surface area contributed by atoms with Gasteiger partial charge in [-0.15, -0.1) is 0 Å². The number of fused-ring (bicyclic) bond motifs is 2. The van der Waals surface area contributed by atoms with E-state index < -0.39 is 0 Å².